The van der Waals surface area contributed by atoms with Gasteiger partial charge >= 0.3 is 0 Å². The summed E-state index contributed by atoms with van der Waals surface area (Å²) in [5.41, 5.74) is 5.97. The quantitative estimate of drug-likeness (QED) is 0.414. The van der Waals surface area contributed by atoms with Gasteiger partial charge in [0.25, 0.3) is 17.7 Å². The molecule has 1 aliphatic rings. The molecular weight excluding hydrogens is 394 g/mol. The van der Waals surface area contributed by atoms with Crippen LogP contribution < -0.4 is 10.9 Å². The van der Waals surface area contributed by atoms with Crippen LogP contribution in [0.1, 0.15) is 56.8 Å². The number of rotatable bonds is 7. The number of hydrazine groups is 1. The number of hydrogen-bond acceptors (Lipinski definition) is 4. The molecule has 150 valence electrons. The Labute approximate surface area is 173 Å². The monoisotopic (exact) mass is 413 g/mol. The fourth-order valence-electron chi connectivity index (χ4n) is 3.04. The van der Waals surface area contributed by atoms with Crippen molar-refractivity contribution in [1.82, 2.24) is 15.8 Å². The summed E-state index contributed by atoms with van der Waals surface area (Å²) in [6.45, 7) is 0.321. The molecule has 8 heteroatoms. The number of amides is 4. The molecule has 0 spiro atoms. The molecule has 3 rings (SSSR count). The van der Waals surface area contributed by atoms with E-state index in [0.717, 1.165) is 0 Å². The van der Waals surface area contributed by atoms with Crippen LogP contribution in [-0.2, 0) is 4.79 Å². The van der Waals surface area contributed by atoms with E-state index in [0.29, 0.717) is 47.5 Å². The zero-order chi connectivity index (χ0) is 20.8. The molecule has 0 aliphatic carbocycles. The number of fused-ring (bicyclic) bond motifs is 1. The van der Waals surface area contributed by atoms with Crippen LogP contribution in [0.2, 0.25) is 5.02 Å². The van der Waals surface area contributed by atoms with Crippen molar-refractivity contribution >= 4 is 35.2 Å². The second-order valence-electron chi connectivity index (χ2n) is 6.63. The molecule has 2 aromatic rings. The maximum absolute atomic E-state index is 12.3. The van der Waals surface area contributed by atoms with Gasteiger partial charge in [-0.25, -0.2) is 0 Å². The Morgan fingerprint density at radius 3 is 2.07 bits per heavy atom. The second kappa shape index (κ2) is 9.34. The lowest BCUT2D eigenvalue weighted by atomic mass is 10.1. The van der Waals surface area contributed by atoms with Crippen LogP contribution in [0.4, 0.5) is 0 Å². The van der Waals surface area contributed by atoms with E-state index in [1.54, 1.807) is 48.5 Å². The molecule has 4 amide bonds. The zero-order valence-electron chi connectivity index (χ0n) is 15.6. The minimum absolute atomic E-state index is 0.225. The lowest BCUT2D eigenvalue weighted by Crippen LogP contribution is -2.41. The summed E-state index contributed by atoms with van der Waals surface area (Å²) in [6, 6.07) is 13.1. The highest BCUT2D eigenvalue weighted by Crippen LogP contribution is 2.22. The Morgan fingerprint density at radius 1 is 0.828 bits per heavy atom. The van der Waals surface area contributed by atoms with Gasteiger partial charge in [-0.2, -0.15) is 0 Å². The number of imide groups is 1. The highest BCUT2D eigenvalue weighted by atomic mass is 35.5. The molecule has 1 heterocycles. The minimum Gasteiger partial charge on any atom is -0.274 e. The van der Waals surface area contributed by atoms with Crippen LogP contribution in [-0.4, -0.2) is 35.1 Å². The van der Waals surface area contributed by atoms with E-state index in [2.05, 4.69) is 10.9 Å². The van der Waals surface area contributed by atoms with Crippen molar-refractivity contribution in [3.05, 3.63) is 70.2 Å². The molecule has 2 aromatic carbocycles. The van der Waals surface area contributed by atoms with Gasteiger partial charge in [-0.05, 0) is 49.2 Å². The third kappa shape index (κ3) is 5.00. The Morgan fingerprint density at radius 2 is 1.45 bits per heavy atom. The number of nitrogens with zero attached hydrogens (tertiary/aromatic N) is 1. The van der Waals surface area contributed by atoms with E-state index in [1.165, 1.54) is 4.90 Å². The third-order valence-electron chi connectivity index (χ3n) is 4.59. The van der Waals surface area contributed by atoms with Gasteiger partial charge in [0.05, 0.1) is 11.1 Å². The molecule has 0 fully saturated rings. The average molecular weight is 414 g/mol. The maximum Gasteiger partial charge on any atom is 0.269 e. The van der Waals surface area contributed by atoms with E-state index in [-0.39, 0.29) is 24.1 Å². The minimum atomic E-state index is -0.430. The van der Waals surface area contributed by atoms with E-state index >= 15 is 0 Å². The Bertz CT molecular complexity index is 908. The largest absolute Gasteiger partial charge is 0.274 e. The molecular formula is C21H20ClN3O4. The number of hydrogen-bond donors (Lipinski definition) is 2. The van der Waals surface area contributed by atoms with Crippen LogP contribution in [0, 0.1) is 0 Å². The molecule has 2 N–H and O–H groups in total. The third-order valence-corrected chi connectivity index (χ3v) is 4.84. The summed E-state index contributed by atoms with van der Waals surface area (Å²) in [6.07, 6.45) is 2.08. The molecule has 0 saturated heterocycles. The molecule has 7 nitrogen and oxygen atoms in total. The predicted molar refractivity (Wildman–Crippen MR) is 107 cm³/mol. The van der Waals surface area contributed by atoms with Gasteiger partial charge in [-0.3, -0.25) is 34.9 Å². The normalized spacial score (nSPS) is 12.7. The van der Waals surface area contributed by atoms with E-state index in [1.807, 2.05) is 0 Å². The summed E-state index contributed by atoms with van der Waals surface area (Å²) in [5.74, 6) is -1.28. The van der Waals surface area contributed by atoms with Crippen LogP contribution in [0.3, 0.4) is 0 Å². The van der Waals surface area contributed by atoms with Gasteiger partial charge in [0.1, 0.15) is 0 Å². The van der Waals surface area contributed by atoms with Crippen LogP contribution in [0.5, 0.6) is 0 Å². The second-order valence-corrected chi connectivity index (χ2v) is 7.06. The lowest BCUT2D eigenvalue weighted by molar-refractivity contribution is -0.122. The summed E-state index contributed by atoms with van der Waals surface area (Å²) in [7, 11) is 0. The molecule has 0 unspecified atom stereocenters. The standard InChI is InChI=1S/C21H20ClN3O4/c22-15-11-9-14(10-12-15)19(27)24-23-18(26)8-2-1-5-13-25-20(28)16-6-3-4-7-17(16)21(25)29/h3-4,6-7,9-12H,1-2,5,8,13H2,(H,23,26)(H,24,27). The molecule has 0 bridgehead atoms. The maximum atomic E-state index is 12.3. The number of benzene rings is 2. The Balaban J connectivity index is 1.33. The van der Waals surface area contributed by atoms with Crippen molar-refractivity contribution in [3.63, 3.8) is 0 Å². The van der Waals surface area contributed by atoms with E-state index in [9.17, 15) is 19.2 Å². The van der Waals surface area contributed by atoms with Gasteiger partial charge in [0.15, 0.2) is 0 Å². The van der Waals surface area contributed by atoms with Crippen LogP contribution >= 0.6 is 11.6 Å². The fraction of sp³-hybridized carbons (Fsp3) is 0.238. The lowest BCUT2D eigenvalue weighted by Gasteiger charge is -2.13. The van der Waals surface area contributed by atoms with Crippen LogP contribution in [0.25, 0.3) is 0 Å². The Kier molecular flexibility index (Phi) is 6.61. The van der Waals surface area contributed by atoms with E-state index in [4.69, 9.17) is 11.6 Å². The highest BCUT2D eigenvalue weighted by Gasteiger charge is 2.34. The fourth-order valence-corrected chi connectivity index (χ4v) is 3.16. The number of carbonyl (C=O) groups excluding carboxylic acids is 4. The molecule has 0 saturated carbocycles. The SMILES string of the molecule is O=C(CCCCCN1C(=O)c2ccccc2C1=O)NNC(=O)c1ccc(Cl)cc1. The first-order chi connectivity index (χ1) is 14.0. The summed E-state index contributed by atoms with van der Waals surface area (Å²) < 4.78 is 0. The summed E-state index contributed by atoms with van der Waals surface area (Å²) in [4.78, 5) is 49.5. The van der Waals surface area contributed by atoms with Gasteiger partial charge < -0.3 is 0 Å². The average Bonchev–Trinajstić information content (AvgIpc) is 2.97. The van der Waals surface area contributed by atoms with Crippen LogP contribution in [0.15, 0.2) is 48.5 Å². The number of halogens is 1. The van der Waals surface area contributed by atoms with Crippen molar-refractivity contribution < 1.29 is 19.2 Å². The number of carbonyl (C=O) groups is 4. The predicted octanol–water partition coefficient (Wildman–Crippen LogP) is 2.96. The van der Waals surface area contributed by atoms with E-state index < -0.39 is 5.91 Å². The molecule has 1 aliphatic heterocycles. The highest BCUT2D eigenvalue weighted by molar-refractivity contribution is 6.30. The molecule has 0 atom stereocenters. The topological polar surface area (TPSA) is 95.6 Å². The first kappa shape index (κ1) is 20.5. The Hall–Kier alpha value is -3.19. The summed E-state index contributed by atoms with van der Waals surface area (Å²) >= 11 is 5.77. The first-order valence-corrected chi connectivity index (χ1v) is 9.65. The summed E-state index contributed by atoms with van der Waals surface area (Å²) in [5, 5.41) is 0.520. The first-order valence-electron chi connectivity index (χ1n) is 9.27. The smallest absolute Gasteiger partial charge is 0.269 e. The number of nitrogens with one attached hydrogen (secondary N) is 2. The van der Waals surface area contributed by atoms with Crippen molar-refractivity contribution in [3.8, 4) is 0 Å². The van der Waals surface area contributed by atoms with Gasteiger partial charge in [0, 0.05) is 23.6 Å². The van der Waals surface area contributed by atoms with Gasteiger partial charge in [-0.15, -0.1) is 0 Å². The van der Waals surface area contributed by atoms with Crippen molar-refractivity contribution in [2.24, 2.45) is 0 Å². The van der Waals surface area contributed by atoms with Gasteiger partial charge in [0.2, 0.25) is 5.91 Å². The number of unbranched alkanes of at least 4 members (excludes halogenated alkanes) is 2. The van der Waals surface area contributed by atoms with Crippen molar-refractivity contribution in [2.75, 3.05) is 6.54 Å². The molecule has 0 aromatic heterocycles. The molecule has 0 radical (unpaired) electrons. The van der Waals surface area contributed by atoms with Crippen molar-refractivity contribution in [2.45, 2.75) is 25.7 Å². The molecule has 29 heavy (non-hydrogen) atoms. The zero-order valence-corrected chi connectivity index (χ0v) is 16.4. The van der Waals surface area contributed by atoms with Gasteiger partial charge in [-0.1, -0.05) is 30.2 Å². The van der Waals surface area contributed by atoms with Crippen molar-refractivity contribution in [1.29, 1.82) is 0 Å².